The van der Waals surface area contributed by atoms with Gasteiger partial charge in [-0.05, 0) is 68.1 Å². The van der Waals surface area contributed by atoms with Crippen LogP contribution in [0.1, 0.15) is 52.6 Å². The molecule has 30 heavy (non-hydrogen) atoms. The van der Waals surface area contributed by atoms with E-state index in [1.807, 2.05) is 49.7 Å². The number of benzene rings is 2. The van der Waals surface area contributed by atoms with E-state index in [9.17, 15) is 9.59 Å². The van der Waals surface area contributed by atoms with Gasteiger partial charge in [0.05, 0.1) is 16.9 Å². The van der Waals surface area contributed by atoms with E-state index in [4.69, 9.17) is 4.74 Å². The van der Waals surface area contributed by atoms with Crippen molar-refractivity contribution in [3.63, 3.8) is 0 Å². The number of rotatable bonds is 6. The van der Waals surface area contributed by atoms with Crippen LogP contribution in [0.3, 0.4) is 0 Å². The summed E-state index contributed by atoms with van der Waals surface area (Å²) in [5.41, 5.74) is 5.98. The van der Waals surface area contributed by atoms with Gasteiger partial charge in [-0.1, -0.05) is 32.0 Å². The summed E-state index contributed by atoms with van der Waals surface area (Å²) in [5, 5.41) is 7.31. The highest BCUT2D eigenvalue weighted by molar-refractivity contribution is 5.96. The third kappa shape index (κ3) is 4.76. The highest BCUT2D eigenvalue weighted by Crippen LogP contribution is 2.27. The number of amides is 1. The summed E-state index contributed by atoms with van der Waals surface area (Å²) < 4.78 is 7.01. The second kappa shape index (κ2) is 8.95. The minimum Gasteiger partial charge on any atom is -0.452 e. The number of hydrogen-bond donors (Lipinski definition) is 1. The monoisotopic (exact) mass is 405 g/mol. The molecule has 0 fully saturated rings. The third-order valence-corrected chi connectivity index (χ3v) is 4.88. The maximum absolute atomic E-state index is 12.4. The van der Waals surface area contributed by atoms with Gasteiger partial charge in [0.15, 0.2) is 6.61 Å². The fourth-order valence-electron chi connectivity index (χ4n) is 3.36. The van der Waals surface area contributed by atoms with Gasteiger partial charge in [0, 0.05) is 11.4 Å². The van der Waals surface area contributed by atoms with Crippen LogP contribution in [0.25, 0.3) is 5.69 Å². The molecule has 156 valence electrons. The number of nitrogens with one attached hydrogen (secondary N) is 1. The van der Waals surface area contributed by atoms with Gasteiger partial charge in [0.25, 0.3) is 5.91 Å². The summed E-state index contributed by atoms with van der Waals surface area (Å²) in [7, 11) is 0. The van der Waals surface area contributed by atoms with E-state index in [-0.39, 0.29) is 18.4 Å². The number of aromatic nitrogens is 2. The summed E-state index contributed by atoms with van der Waals surface area (Å²) in [6, 6.07) is 14.8. The van der Waals surface area contributed by atoms with Crippen LogP contribution in [0.2, 0.25) is 0 Å². The van der Waals surface area contributed by atoms with Crippen molar-refractivity contribution in [3.05, 3.63) is 76.6 Å². The number of para-hydroxylation sites is 1. The lowest BCUT2D eigenvalue weighted by molar-refractivity contribution is -0.119. The van der Waals surface area contributed by atoms with E-state index in [0.717, 1.165) is 33.9 Å². The molecule has 0 atom stereocenters. The van der Waals surface area contributed by atoms with Gasteiger partial charge in [0.1, 0.15) is 0 Å². The number of esters is 1. The van der Waals surface area contributed by atoms with E-state index in [2.05, 4.69) is 24.3 Å². The zero-order chi connectivity index (χ0) is 21.8. The largest absolute Gasteiger partial charge is 0.452 e. The lowest BCUT2D eigenvalue weighted by Crippen LogP contribution is -2.22. The first-order valence-corrected chi connectivity index (χ1v) is 9.96. The Hall–Kier alpha value is -3.41. The average molecular weight is 405 g/mol. The van der Waals surface area contributed by atoms with Crippen LogP contribution in [-0.2, 0) is 9.53 Å². The third-order valence-electron chi connectivity index (χ3n) is 4.88. The maximum Gasteiger partial charge on any atom is 0.338 e. The predicted molar refractivity (Wildman–Crippen MR) is 117 cm³/mol. The zero-order valence-corrected chi connectivity index (χ0v) is 18.0. The summed E-state index contributed by atoms with van der Waals surface area (Å²) in [4.78, 5) is 24.7. The van der Waals surface area contributed by atoms with Crippen LogP contribution in [0.5, 0.6) is 0 Å². The normalized spacial score (nSPS) is 10.9. The number of aryl methyl sites for hydroxylation is 3. The number of hydrogen-bond acceptors (Lipinski definition) is 4. The van der Waals surface area contributed by atoms with Crippen LogP contribution >= 0.6 is 0 Å². The van der Waals surface area contributed by atoms with Crippen LogP contribution in [0.4, 0.5) is 5.69 Å². The molecule has 0 aliphatic rings. The first-order chi connectivity index (χ1) is 14.3. The van der Waals surface area contributed by atoms with Crippen LogP contribution in [0, 0.1) is 20.8 Å². The van der Waals surface area contributed by atoms with Gasteiger partial charge >= 0.3 is 5.97 Å². The second-order valence-corrected chi connectivity index (χ2v) is 7.70. The molecule has 2 aromatic carbocycles. The molecule has 0 aliphatic carbocycles. The molecule has 1 N–H and O–H groups in total. The molecule has 0 saturated carbocycles. The molecule has 1 aromatic heterocycles. The van der Waals surface area contributed by atoms with Gasteiger partial charge < -0.3 is 10.1 Å². The fraction of sp³-hybridized carbons (Fsp3) is 0.292. The van der Waals surface area contributed by atoms with Crippen molar-refractivity contribution in [3.8, 4) is 5.69 Å². The molecule has 0 radical (unpaired) electrons. The van der Waals surface area contributed by atoms with Crippen LogP contribution in [-0.4, -0.2) is 28.3 Å². The molecule has 3 aromatic rings. The lowest BCUT2D eigenvalue weighted by atomic mass is 9.98. The molecule has 0 saturated heterocycles. The molecule has 6 nitrogen and oxygen atoms in total. The smallest absolute Gasteiger partial charge is 0.338 e. The Labute approximate surface area is 176 Å². The molecule has 6 heteroatoms. The van der Waals surface area contributed by atoms with Crippen molar-refractivity contribution >= 4 is 17.6 Å². The van der Waals surface area contributed by atoms with E-state index in [0.29, 0.717) is 5.56 Å². The molecule has 0 bridgehead atoms. The number of ether oxygens (including phenoxy) is 1. The van der Waals surface area contributed by atoms with Gasteiger partial charge in [-0.3, -0.25) is 4.79 Å². The van der Waals surface area contributed by atoms with Crippen molar-refractivity contribution in [2.45, 2.75) is 40.5 Å². The van der Waals surface area contributed by atoms with E-state index in [1.54, 1.807) is 24.3 Å². The molecular formula is C24H27N3O3. The van der Waals surface area contributed by atoms with Gasteiger partial charge in [0.2, 0.25) is 0 Å². The van der Waals surface area contributed by atoms with Gasteiger partial charge in [-0.25, -0.2) is 9.48 Å². The molecule has 1 amide bonds. The molecule has 0 spiro atoms. The lowest BCUT2D eigenvalue weighted by Gasteiger charge is -2.16. The SMILES string of the molecule is Cc1cc(C)n(-c2ccc(C(=O)OCC(=O)Nc3c(C)cccc3C(C)C)cc2)n1. The molecule has 1 heterocycles. The van der Waals surface area contributed by atoms with Crippen molar-refractivity contribution in [2.75, 3.05) is 11.9 Å². The van der Waals surface area contributed by atoms with Crippen molar-refractivity contribution in [1.29, 1.82) is 0 Å². The second-order valence-electron chi connectivity index (χ2n) is 7.70. The van der Waals surface area contributed by atoms with Crippen LogP contribution in [0.15, 0.2) is 48.5 Å². The minimum absolute atomic E-state index is 0.267. The number of carbonyl (C=O) groups is 2. The quantitative estimate of drug-likeness (QED) is 0.603. The Bertz CT molecular complexity index is 1070. The Morgan fingerprint density at radius 1 is 1.07 bits per heavy atom. The zero-order valence-electron chi connectivity index (χ0n) is 18.0. The van der Waals surface area contributed by atoms with E-state index in [1.165, 1.54) is 0 Å². The number of carbonyl (C=O) groups excluding carboxylic acids is 2. The molecule has 0 unspecified atom stereocenters. The first kappa shape index (κ1) is 21.3. The summed E-state index contributed by atoms with van der Waals surface area (Å²) in [5.74, 6) is -0.638. The Balaban J connectivity index is 1.62. The molecule has 0 aliphatic heterocycles. The van der Waals surface area contributed by atoms with Gasteiger partial charge in [-0.2, -0.15) is 5.10 Å². The highest BCUT2D eigenvalue weighted by atomic mass is 16.5. The first-order valence-electron chi connectivity index (χ1n) is 9.96. The Morgan fingerprint density at radius 2 is 1.77 bits per heavy atom. The van der Waals surface area contributed by atoms with Crippen molar-refractivity contribution in [2.24, 2.45) is 0 Å². The topological polar surface area (TPSA) is 73.2 Å². The fourth-order valence-corrected chi connectivity index (χ4v) is 3.36. The Morgan fingerprint density at radius 3 is 2.37 bits per heavy atom. The average Bonchev–Trinajstić information content (AvgIpc) is 3.05. The van der Waals surface area contributed by atoms with E-state index < -0.39 is 5.97 Å². The van der Waals surface area contributed by atoms with Gasteiger partial charge in [-0.15, -0.1) is 0 Å². The molecular weight excluding hydrogens is 378 g/mol. The minimum atomic E-state index is -0.543. The van der Waals surface area contributed by atoms with Crippen molar-refractivity contribution in [1.82, 2.24) is 9.78 Å². The Kier molecular flexibility index (Phi) is 6.35. The number of anilines is 1. The maximum atomic E-state index is 12.4. The predicted octanol–water partition coefficient (Wildman–Crippen LogP) is 4.72. The highest BCUT2D eigenvalue weighted by Gasteiger charge is 2.15. The van der Waals surface area contributed by atoms with E-state index >= 15 is 0 Å². The van der Waals surface area contributed by atoms with Crippen LogP contribution < -0.4 is 5.32 Å². The summed E-state index contributed by atoms with van der Waals surface area (Å²) >= 11 is 0. The summed E-state index contributed by atoms with van der Waals surface area (Å²) in [6.45, 7) is 9.64. The standard InChI is InChI=1S/C24H27N3O3/c1-15(2)21-8-6-7-16(3)23(21)25-22(28)14-30-24(29)19-9-11-20(12-10-19)27-18(5)13-17(4)26-27/h6-13,15H,14H2,1-5H3,(H,25,28). The summed E-state index contributed by atoms with van der Waals surface area (Å²) in [6.07, 6.45) is 0. The molecule has 3 rings (SSSR count). The van der Waals surface area contributed by atoms with Crippen molar-refractivity contribution < 1.29 is 14.3 Å². The number of nitrogens with zero attached hydrogens (tertiary/aromatic N) is 2.